The number of aromatic amines is 1. The third-order valence-corrected chi connectivity index (χ3v) is 5.57. The van der Waals surface area contributed by atoms with Crippen LogP contribution in [0.4, 0.5) is 0 Å². The number of hydrogen-bond acceptors (Lipinski definition) is 1. The van der Waals surface area contributed by atoms with E-state index >= 15 is 0 Å². The third-order valence-electron chi connectivity index (χ3n) is 5.57. The van der Waals surface area contributed by atoms with Crippen molar-refractivity contribution >= 4 is 0 Å². The van der Waals surface area contributed by atoms with Crippen molar-refractivity contribution in [3.63, 3.8) is 0 Å². The molecule has 1 heterocycles. The van der Waals surface area contributed by atoms with Gasteiger partial charge < -0.3 is 10.7 Å². The van der Waals surface area contributed by atoms with E-state index in [4.69, 9.17) is 5.73 Å². The lowest BCUT2D eigenvalue weighted by atomic mass is 9.51. The van der Waals surface area contributed by atoms with Gasteiger partial charge in [0.15, 0.2) is 0 Å². The number of H-pyrrole nitrogens is 1. The minimum Gasteiger partial charge on any atom is -0.361 e. The van der Waals surface area contributed by atoms with Gasteiger partial charge in [0, 0.05) is 23.9 Å². The number of rotatable bonds is 2. The summed E-state index contributed by atoms with van der Waals surface area (Å²) in [5.74, 6) is 4.89. The molecular formula is C15H22N2. The summed E-state index contributed by atoms with van der Waals surface area (Å²) in [5.41, 5.74) is 8.39. The molecule has 0 saturated heterocycles. The Balaban J connectivity index is 1.65. The maximum Gasteiger partial charge on any atom is 0.0332 e. The van der Waals surface area contributed by atoms with Gasteiger partial charge in [-0.15, -0.1) is 0 Å². The van der Waals surface area contributed by atoms with Crippen molar-refractivity contribution in [1.82, 2.24) is 4.98 Å². The summed E-state index contributed by atoms with van der Waals surface area (Å²) >= 11 is 0. The highest BCUT2D eigenvalue weighted by molar-refractivity contribution is 5.21. The fourth-order valence-electron chi connectivity index (χ4n) is 5.21. The SMILES string of the molecule is NCc1ccc(C2C3CC4CC(C3)CC2C4)[nH]1. The van der Waals surface area contributed by atoms with Crippen LogP contribution in [0.25, 0.3) is 0 Å². The Hall–Kier alpha value is -0.760. The number of nitrogens with two attached hydrogens (primary N) is 1. The van der Waals surface area contributed by atoms with Crippen LogP contribution in [0.15, 0.2) is 12.1 Å². The molecule has 2 heteroatoms. The van der Waals surface area contributed by atoms with E-state index in [9.17, 15) is 0 Å². The fourth-order valence-corrected chi connectivity index (χ4v) is 5.21. The van der Waals surface area contributed by atoms with E-state index in [1.807, 2.05) is 0 Å². The first-order valence-corrected chi connectivity index (χ1v) is 7.21. The highest BCUT2D eigenvalue weighted by Gasteiger charge is 2.48. The van der Waals surface area contributed by atoms with E-state index in [1.165, 1.54) is 37.1 Å². The maximum atomic E-state index is 5.71. The molecule has 0 amide bonds. The standard InChI is InChI=1S/C15H22N2/c16-8-13-1-2-14(17-13)15-11-4-9-3-10(6-11)7-12(15)5-9/h1-2,9-12,15,17H,3-8,16H2. The van der Waals surface area contributed by atoms with E-state index in [-0.39, 0.29) is 0 Å². The van der Waals surface area contributed by atoms with Crippen molar-refractivity contribution in [3.05, 3.63) is 23.5 Å². The molecule has 0 spiro atoms. The first-order valence-electron chi connectivity index (χ1n) is 7.21. The smallest absolute Gasteiger partial charge is 0.0332 e. The van der Waals surface area contributed by atoms with Crippen LogP contribution in [0.3, 0.4) is 0 Å². The molecule has 5 rings (SSSR count). The van der Waals surface area contributed by atoms with Gasteiger partial charge in [0.2, 0.25) is 0 Å². The van der Waals surface area contributed by atoms with Gasteiger partial charge in [-0.25, -0.2) is 0 Å². The Kier molecular flexibility index (Phi) is 2.17. The van der Waals surface area contributed by atoms with Gasteiger partial charge in [-0.3, -0.25) is 0 Å². The van der Waals surface area contributed by atoms with Crippen LogP contribution >= 0.6 is 0 Å². The molecule has 0 unspecified atom stereocenters. The largest absolute Gasteiger partial charge is 0.361 e. The van der Waals surface area contributed by atoms with Gasteiger partial charge >= 0.3 is 0 Å². The summed E-state index contributed by atoms with van der Waals surface area (Å²) in [6.45, 7) is 0.646. The highest BCUT2D eigenvalue weighted by Crippen LogP contribution is 2.59. The average molecular weight is 230 g/mol. The molecule has 2 nitrogen and oxygen atoms in total. The first-order chi connectivity index (χ1) is 8.33. The van der Waals surface area contributed by atoms with Gasteiger partial charge in [-0.05, 0) is 67.9 Å². The van der Waals surface area contributed by atoms with E-state index in [2.05, 4.69) is 17.1 Å². The minimum atomic E-state index is 0.646. The second-order valence-electron chi connectivity index (χ2n) is 6.60. The fraction of sp³-hybridized carbons (Fsp3) is 0.733. The van der Waals surface area contributed by atoms with E-state index in [0.717, 1.165) is 29.6 Å². The molecule has 4 saturated carbocycles. The van der Waals surface area contributed by atoms with Gasteiger partial charge in [0.1, 0.15) is 0 Å². The molecule has 4 fully saturated rings. The molecule has 0 radical (unpaired) electrons. The summed E-state index contributed by atoms with van der Waals surface area (Å²) in [5, 5.41) is 0. The summed E-state index contributed by atoms with van der Waals surface area (Å²) in [7, 11) is 0. The number of hydrogen-bond donors (Lipinski definition) is 2. The molecule has 4 aliphatic carbocycles. The van der Waals surface area contributed by atoms with E-state index in [1.54, 1.807) is 6.42 Å². The van der Waals surface area contributed by atoms with Gasteiger partial charge in [0.25, 0.3) is 0 Å². The summed E-state index contributed by atoms with van der Waals surface area (Å²) in [6.07, 6.45) is 7.52. The molecular weight excluding hydrogens is 208 g/mol. The van der Waals surface area contributed by atoms with Crippen LogP contribution in [0.1, 0.15) is 49.4 Å². The predicted molar refractivity (Wildman–Crippen MR) is 68.5 cm³/mol. The van der Waals surface area contributed by atoms with Crippen LogP contribution in [0, 0.1) is 23.7 Å². The number of aromatic nitrogens is 1. The van der Waals surface area contributed by atoms with Gasteiger partial charge in [-0.2, -0.15) is 0 Å². The third kappa shape index (κ3) is 1.50. The molecule has 0 aliphatic heterocycles. The van der Waals surface area contributed by atoms with Crippen molar-refractivity contribution in [1.29, 1.82) is 0 Å². The van der Waals surface area contributed by atoms with Crippen LogP contribution in [-0.2, 0) is 6.54 Å². The van der Waals surface area contributed by atoms with Crippen molar-refractivity contribution in [3.8, 4) is 0 Å². The van der Waals surface area contributed by atoms with Crippen LogP contribution in [-0.4, -0.2) is 4.98 Å². The molecule has 92 valence electrons. The molecule has 0 aromatic carbocycles. The zero-order valence-electron chi connectivity index (χ0n) is 10.4. The maximum absolute atomic E-state index is 5.71. The van der Waals surface area contributed by atoms with Gasteiger partial charge in [0.05, 0.1) is 0 Å². The zero-order chi connectivity index (χ0) is 11.4. The molecule has 17 heavy (non-hydrogen) atoms. The normalized spacial score (nSPS) is 43.2. The monoisotopic (exact) mass is 230 g/mol. The molecule has 1 aromatic heterocycles. The lowest BCUT2D eigenvalue weighted by molar-refractivity contribution is -0.00402. The number of nitrogens with one attached hydrogen (secondary N) is 1. The summed E-state index contributed by atoms with van der Waals surface area (Å²) in [4.78, 5) is 3.57. The van der Waals surface area contributed by atoms with Crippen LogP contribution in [0.2, 0.25) is 0 Å². The molecule has 4 bridgehead atoms. The summed E-state index contributed by atoms with van der Waals surface area (Å²) < 4.78 is 0. The Morgan fingerprint density at radius 2 is 1.65 bits per heavy atom. The molecule has 3 N–H and O–H groups in total. The van der Waals surface area contributed by atoms with Crippen molar-refractivity contribution in [2.75, 3.05) is 0 Å². The lowest BCUT2D eigenvalue weighted by Gasteiger charge is -2.54. The topological polar surface area (TPSA) is 41.8 Å². The average Bonchev–Trinajstić information content (AvgIpc) is 2.76. The second-order valence-corrected chi connectivity index (χ2v) is 6.60. The second kappa shape index (κ2) is 3.61. The Labute approximate surface area is 103 Å². The van der Waals surface area contributed by atoms with E-state index in [0.29, 0.717) is 6.54 Å². The Morgan fingerprint density at radius 3 is 2.18 bits per heavy atom. The first kappa shape index (κ1) is 10.2. The molecule has 1 aromatic rings. The summed E-state index contributed by atoms with van der Waals surface area (Å²) in [6, 6.07) is 4.48. The van der Waals surface area contributed by atoms with Crippen molar-refractivity contribution in [2.45, 2.75) is 44.6 Å². The van der Waals surface area contributed by atoms with Crippen LogP contribution in [0.5, 0.6) is 0 Å². The van der Waals surface area contributed by atoms with Crippen molar-refractivity contribution in [2.24, 2.45) is 29.4 Å². The lowest BCUT2D eigenvalue weighted by Crippen LogP contribution is -2.43. The highest BCUT2D eigenvalue weighted by atomic mass is 14.8. The van der Waals surface area contributed by atoms with Crippen LogP contribution < -0.4 is 5.73 Å². The minimum absolute atomic E-state index is 0.646. The predicted octanol–water partition coefficient (Wildman–Crippen LogP) is 3.01. The van der Waals surface area contributed by atoms with E-state index < -0.39 is 0 Å². The quantitative estimate of drug-likeness (QED) is 0.805. The Morgan fingerprint density at radius 1 is 1.00 bits per heavy atom. The van der Waals surface area contributed by atoms with Crippen molar-refractivity contribution < 1.29 is 0 Å². The molecule has 4 aliphatic rings. The van der Waals surface area contributed by atoms with Gasteiger partial charge in [-0.1, -0.05) is 0 Å². The zero-order valence-corrected chi connectivity index (χ0v) is 10.4. The Bertz CT molecular complexity index is 392. The molecule has 0 atom stereocenters.